The van der Waals surface area contributed by atoms with Gasteiger partial charge in [-0.15, -0.1) is 0 Å². The number of hydrogen-bond acceptors (Lipinski definition) is 6. The number of carboxylic acid groups (broad SMARTS) is 1. The van der Waals surface area contributed by atoms with Crippen molar-refractivity contribution in [2.24, 2.45) is 0 Å². The summed E-state index contributed by atoms with van der Waals surface area (Å²) in [5.74, 6) is -1.38. The smallest absolute Gasteiger partial charge is 0.407 e. The van der Waals surface area contributed by atoms with E-state index in [9.17, 15) is 19.5 Å². The first-order valence-electron chi connectivity index (χ1n) is 9.67. The Balaban J connectivity index is 1.52. The van der Waals surface area contributed by atoms with Gasteiger partial charge in [0.1, 0.15) is 11.2 Å². The second-order valence-corrected chi connectivity index (χ2v) is 8.52. The summed E-state index contributed by atoms with van der Waals surface area (Å²) in [6.07, 6.45) is 3.99. The number of alkyl carbamates (subject to hydrolysis) is 1. The first kappa shape index (κ1) is 20.2. The van der Waals surface area contributed by atoms with Gasteiger partial charge in [0.05, 0.1) is 0 Å². The molecule has 2 aliphatic rings. The molecule has 154 valence electrons. The predicted molar refractivity (Wildman–Crippen MR) is 98.3 cm³/mol. The zero-order valence-corrected chi connectivity index (χ0v) is 16.4. The van der Waals surface area contributed by atoms with E-state index in [0.29, 0.717) is 31.4 Å². The number of hydrogen-bond donors (Lipinski definition) is 3. The molecule has 0 bridgehead atoms. The van der Waals surface area contributed by atoms with Crippen LogP contribution in [0.1, 0.15) is 91.8 Å². The molecule has 9 nitrogen and oxygen atoms in total. The van der Waals surface area contributed by atoms with Crippen LogP contribution in [0.4, 0.5) is 4.79 Å². The molecule has 3 N–H and O–H groups in total. The van der Waals surface area contributed by atoms with Gasteiger partial charge in [-0.25, -0.2) is 9.59 Å². The van der Waals surface area contributed by atoms with Crippen LogP contribution in [0.2, 0.25) is 0 Å². The van der Waals surface area contributed by atoms with E-state index in [2.05, 4.69) is 15.8 Å². The fourth-order valence-corrected chi connectivity index (χ4v) is 3.40. The van der Waals surface area contributed by atoms with Crippen LogP contribution in [0.25, 0.3) is 0 Å². The van der Waals surface area contributed by atoms with Crippen molar-refractivity contribution in [2.45, 2.75) is 82.9 Å². The third kappa shape index (κ3) is 5.02. The number of aromatic carboxylic acids is 1. The van der Waals surface area contributed by atoms with Gasteiger partial charge in [0.25, 0.3) is 5.91 Å². The Morgan fingerprint density at radius 2 is 1.61 bits per heavy atom. The van der Waals surface area contributed by atoms with Crippen molar-refractivity contribution < 1.29 is 28.8 Å². The first-order chi connectivity index (χ1) is 13.1. The Bertz CT molecular complexity index is 754. The Hall–Kier alpha value is -2.58. The van der Waals surface area contributed by atoms with Crippen LogP contribution in [-0.4, -0.2) is 45.9 Å². The van der Waals surface area contributed by atoms with Crippen LogP contribution < -0.4 is 10.6 Å². The van der Waals surface area contributed by atoms with Crippen LogP contribution >= 0.6 is 0 Å². The summed E-state index contributed by atoms with van der Waals surface area (Å²) in [4.78, 5) is 35.9. The molecule has 0 atom stereocenters. The molecule has 0 unspecified atom stereocenters. The number of carbonyl (C=O) groups excluding carboxylic acids is 2. The van der Waals surface area contributed by atoms with Crippen LogP contribution in [-0.2, 0) is 4.74 Å². The monoisotopic (exact) mass is 393 g/mol. The van der Waals surface area contributed by atoms with E-state index in [1.165, 1.54) is 0 Å². The van der Waals surface area contributed by atoms with Gasteiger partial charge in [-0.05, 0) is 59.3 Å². The lowest BCUT2D eigenvalue weighted by atomic mass is 9.91. The molecule has 2 saturated carbocycles. The fourth-order valence-electron chi connectivity index (χ4n) is 3.40. The van der Waals surface area contributed by atoms with E-state index in [1.807, 2.05) is 20.8 Å². The average Bonchev–Trinajstić information content (AvgIpc) is 3.32. The molecule has 0 spiro atoms. The van der Waals surface area contributed by atoms with Crippen LogP contribution in [0.15, 0.2) is 4.52 Å². The van der Waals surface area contributed by atoms with Gasteiger partial charge >= 0.3 is 12.1 Å². The van der Waals surface area contributed by atoms with Gasteiger partial charge in [0, 0.05) is 18.0 Å². The van der Waals surface area contributed by atoms with E-state index in [0.717, 1.165) is 12.8 Å². The van der Waals surface area contributed by atoms with Gasteiger partial charge in [0.2, 0.25) is 0 Å². The molecule has 2 amide bonds. The van der Waals surface area contributed by atoms with Crippen LogP contribution in [0.5, 0.6) is 0 Å². The third-order valence-corrected chi connectivity index (χ3v) is 4.88. The lowest BCUT2D eigenvalue weighted by molar-refractivity contribution is 0.0487. The van der Waals surface area contributed by atoms with E-state index >= 15 is 0 Å². The first-order valence-corrected chi connectivity index (χ1v) is 9.67. The summed E-state index contributed by atoms with van der Waals surface area (Å²) in [6, 6.07) is -0.113. The molecular formula is C19H27N3O6. The minimum atomic E-state index is -1.20. The Morgan fingerprint density at radius 3 is 2.11 bits per heavy atom. The number of amides is 2. The Labute approximate surface area is 163 Å². The standard InChI is InChI=1S/C19H27N3O6/c1-19(2,3)27-18(26)21-12-8-6-11(7-9-12)20-16(23)14-13(17(24)25)15(28-22-14)10-4-5-10/h10-12H,4-9H2,1-3H3,(H,20,23)(H,21,26)(H,24,25)/t11-,12-. The second-order valence-electron chi connectivity index (χ2n) is 8.52. The molecular weight excluding hydrogens is 366 g/mol. The number of rotatable bonds is 5. The molecule has 0 aliphatic heterocycles. The SMILES string of the molecule is CC(C)(C)OC(=O)N[C@H]1CC[C@H](NC(=O)c2noc(C3CC3)c2C(=O)O)CC1. The number of aromatic nitrogens is 1. The molecule has 28 heavy (non-hydrogen) atoms. The molecule has 9 heteroatoms. The summed E-state index contributed by atoms with van der Waals surface area (Å²) in [6.45, 7) is 5.43. The van der Waals surface area contributed by atoms with Crippen molar-refractivity contribution in [3.8, 4) is 0 Å². The second kappa shape index (κ2) is 7.81. The molecule has 0 radical (unpaired) electrons. The number of nitrogens with zero attached hydrogens (tertiary/aromatic N) is 1. The molecule has 0 aromatic carbocycles. The number of ether oxygens (including phenoxy) is 1. The molecule has 1 aromatic heterocycles. The quantitative estimate of drug-likeness (QED) is 0.701. The molecule has 1 heterocycles. The predicted octanol–water partition coefficient (Wildman–Crippen LogP) is 2.82. The van der Waals surface area contributed by atoms with Gasteiger partial charge < -0.3 is 25.0 Å². The highest BCUT2D eigenvalue weighted by molar-refractivity contribution is 6.04. The summed E-state index contributed by atoms with van der Waals surface area (Å²) >= 11 is 0. The molecule has 2 aliphatic carbocycles. The Kier molecular flexibility index (Phi) is 5.62. The van der Waals surface area contributed by atoms with E-state index in [4.69, 9.17) is 9.26 Å². The normalized spacial score (nSPS) is 22.4. The van der Waals surface area contributed by atoms with E-state index in [1.54, 1.807) is 0 Å². The van der Waals surface area contributed by atoms with E-state index < -0.39 is 23.6 Å². The molecule has 3 rings (SSSR count). The lowest BCUT2D eigenvalue weighted by Gasteiger charge is -2.30. The topological polar surface area (TPSA) is 131 Å². The number of nitrogens with one attached hydrogen (secondary N) is 2. The van der Waals surface area contributed by atoms with Crippen LogP contribution in [0.3, 0.4) is 0 Å². The van der Waals surface area contributed by atoms with Crippen molar-refractivity contribution in [1.82, 2.24) is 15.8 Å². The lowest BCUT2D eigenvalue weighted by Crippen LogP contribution is -2.45. The highest BCUT2D eigenvalue weighted by Gasteiger charge is 2.37. The summed E-state index contributed by atoms with van der Waals surface area (Å²) < 4.78 is 10.4. The zero-order chi connectivity index (χ0) is 20.5. The van der Waals surface area contributed by atoms with Gasteiger partial charge in [-0.3, -0.25) is 4.79 Å². The van der Waals surface area contributed by atoms with Gasteiger partial charge in [-0.1, -0.05) is 5.16 Å². The maximum absolute atomic E-state index is 12.5. The van der Waals surface area contributed by atoms with E-state index in [-0.39, 0.29) is 29.3 Å². The highest BCUT2D eigenvalue weighted by Crippen LogP contribution is 2.42. The largest absolute Gasteiger partial charge is 0.477 e. The minimum absolute atomic E-state index is 0.00824. The maximum Gasteiger partial charge on any atom is 0.407 e. The molecule has 1 aromatic rings. The van der Waals surface area contributed by atoms with Gasteiger partial charge in [0.15, 0.2) is 11.5 Å². The Morgan fingerprint density at radius 1 is 1.04 bits per heavy atom. The van der Waals surface area contributed by atoms with Crippen molar-refractivity contribution in [3.05, 3.63) is 17.0 Å². The average molecular weight is 393 g/mol. The van der Waals surface area contributed by atoms with Crippen LogP contribution in [0, 0.1) is 0 Å². The summed E-state index contributed by atoms with van der Waals surface area (Å²) in [7, 11) is 0. The fraction of sp³-hybridized carbons (Fsp3) is 0.684. The zero-order valence-electron chi connectivity index (χ0n) is 16.4. The summed E-state index contributed by atoms with van der Waals surface area (Å²) in [5.41, 5.74) is -0.836. The van der Waals surface area contributed by atoms with Crippen molar-refractivity contribution in [3.63, 3.8) is 0 Å². The molecule has 2 fully saturated rings. The summed E-state index contributed by atoms with van der Waals surface area (Å²) in [5, 5.41) is 18.8. The maximum atomic E-state index is 12.5. The van der Waals surface area contributed by atoms with Gasteiger partial charge in [-0.2, -0.15) is 0 Å². The van der Waals surface area contributed by atoms with Crippen molar-refractivity contribution >= 4 is 18.0 Å². The molecule has 0 saturated heterocycles. The number of carbonyl (C=O) groups is 3. The van der Waals surface area contributed by atoms with Crippen molar-refractivity contribution in [1.29, 1.82) is 0 Å². The van der Waals surface area contributed by atoms with Crippen molar-refractivity contribution in [2.75, 3.05) is 0 Å². The minimum Gasteiger partial charge on any atom is -0.477 e. The number of carboxylic acids is 1. The highest BCUT2D eigenvalue weighted by atomic mass is 16.6. The third-order valence-electron chi connectivity index (χ3n) is 4.88.